The molecular formula is C6H18O2Si2. The Labute approximate surface area is 69.4 Å². The van der Waals surface area contributed by atoms with Crippen LogP contribution in [0.2, 0.25) is 0 Å². The van der Waals surface area contributed by atoms with E-state index in [1.807, 2.05) is 6.92 Å². The SMILES string of the molecule is CC(C)(C)C(C)(O[SiH3])O[SiH3]. The third kappa shape index (κ3) is 1.92. The largest absolute Gasteiger partial charge is 0.402 e. The first-order valence-corrected chi connectivity index (χ1v) is 5.11. The Morgan fingerprint density at radius 1 is 0.900 bits per heavy atom. The molecule has 62 valence electrons. The van der Waals surface area contributed by atoms with Gasteiger partial charge < -0.3 is 8.85 Å². The van der Waals surface area contributed by atoms with Crippen molar-refractivity contribution in [3.63, 3.8) is 0 Å². The Morgan fingerprint density at radius 2 is 1.20 bits per heavy atom. The van der Waals surface area contributed by atoms with Crippen LogP contribution in [-0.4, -0.2) is 26.8 Å². The average molecular weight is 178 g/mol. The van der Waals surface area contributed by atoms with Crippen LogP contribution < -0.4 is 0 Å². The Balaban J connectivity index is 4.33. The van der Waals surface area contributed by atoms with Gasteiger partial charge in [-0.2, -0.15) is 0 Å². The lowest BCUT2D eigenvalue weighted by Crippen LogP contribution is -2.44. The van der Waals surface area contributed by atoms with E-state index in [0.717, 1.165) is 21.0 Å². The third-order valence-electron chi connectivity index (χ3n) is 2.14. The van der Waals surface area contributed by atoms with E-state index in [4.69, 9.17) is 8.85 Å². The maximum Gasteiger partial charge on any atom is 0.149 e. The molecule has 0 heterocycles. The van der Waals surface area contributed by atoms with E-state index < -0.39 is 0 Å². The minimum Gasteiger partial charge on any atom is -0.402 e. The summed E-state index contributed by atoms with van der Waals surface area (Å²) in [5, 5.41) is 0. The third-order valence-corrected chi connectivity index (χ3v) is 3.70. The summed E-state index contributed by atoms with van der Waals surface area (Å²) in [5.41, 5.74) is 0.0799. The van der Waals surface area contributed by atoms with Crippen molar-refractivity contribution in [2.75, 3.05) is 0 Å². The molecule has 10 heavy (non-hydrogen) atoms. The fourth-order valence-electron chi connectivity index (χ4n) is 0.696. The Kier molecular flexibility index (Phi) is 3.28. The van der Waals surface area contributed by atoms with Gasteiger partial charge in [0.1, 0.15) is 26.8 Å². The number of rotatable bonds is 2. The highest BCUT2D eigenvalue weighted by Gasteiger charge is 2.36. The van der Waals surface area contributed by atoms with E-state index in [9.17, 15) is 0 Å². The van der Waals surface area contributed by atoms with Crippen molar-refractivity contribution in [1.82, 2.24) is 0 Å². The number of hydrogen-bond acceptors (Lipinski definition) is 2. The molecule has 0 aromatic rings. The summed E-state index contributed by atoms with van der Waals surface area (Å²) in [4.78, 5) is 0. The molecule has 0 aliphatic heterocycles. The average Bonchev–Trinajstić information content (AvgIpc) is 1.84. The Hall–Kier alpha value is 0.354. The summed E-state index contributed by atoms with van der Waals surface area (Å²) in [6.45, 7) is 8.39. The van der Waals surface area contributed by atoms with Crippen LogP contribution in [0.4, 0.5) is 0 Å². The lowest BCUT2D eigenvalue weighted by atomic mass is 9.87. The molecular weight excluding hydrogens is 160 g/mol. The number of hydrogen-bond donors (Lipinski definition) is 0. The second kappa shape index (κ2) is 3.17. The van der Waals surface area contributed by atoms with E-state index in [-0.39, 0.29) is 11.2 Å². The van der Waals surface area contributed by atoms with Gasteiger partial charge in [-0.25, -0.2) is 0 Å². The van der Waals surface area contributed by atoms with Crippen molar-refractivity contribution in [3.05, 3.63) is 0 Å². The van der Waals surface area contributed by atoms with Gasteiger partial charge in [0.15, 0.2) is 0 Å². The van der Waals surface area contributed by atoms with Gasteiger partial charge in [-0.1, -0.05) is 20.8 Å². The minimum atomic E-state index is -0.356. The highest BCUT2D eigenvalue weighted by Crippen LogP contribution is 2.32. The maximum atomic E-state index is 5.40. The van der Waals surface area contributed by atoms with Crippen molar-refractivity contribution < 1.29 is 8.85 Å². The zero-order valence-corrected chi connectivity index (χ0v) is 11.8. The van der Waals surface area contributed by atoms with Gasteiger partial charge in [0.05, 0.1) is 0 Å². The van der Waals surface area contributed by atoms with Gasteiger partial charge in [-0.3, -0.25) is 0 Å². The van der Waals surface area contributed by atoms with Gasteiger partial charge in [0.2, 0.25) is 0 Å². The van der Waals surface area contributed by atoms with E-state index >= 15 is 0 Å². The molecule has 0 aromatic carbocycles. The minimum absolute atomic E-state index is 0.0799. The summed E-state index contributed by atoms with van der Waals surface area (Å²) < 4.78 is 10.8. The molecule has 0 amide bonds. The standard InChI is InChI=1S/C6H18O2Si2/c1-5(2,3)6(4,7-9)8-10/h1-4,9-10H3. The van der Waals surface area contributed by atoms with Crippen molar-refractivity contribution >= 4 is 21.0 Å². The van der Waals surface area contributed by atoms with E-state index in [1.54, 1.807) is 0 Å². The monoisotopic (exact) mass is 178 g/mol. The summed E-state index contributed by atoms with van der Waals surface area (Å²) in [6, 6.07) is 0. The molecule has 0 aliphatic carbocycles. The zero-order valence-electron chi connectivity index (χ0n) is 7.82. The van der Waals surface area contributed by atoms with Crippen molar-refractivity contribution in [2.24, 2.45) is 5.41 Å². The Bertz CT molecular complexity index is 105. The molecule has 0 aliphatic rings. The van der Waals surface area contributed by atoms with Crippen LogP contribution in [0.25, 0.3) is 0 Å². The van der Waals surface area contributed by atoms with Gasteiger partial charge in [-0.05, 0) is 6.92 Å². The van der Waals surface area contributed by atoms with E-state index in [1.165, 1.54) is 0 Å². The van der Waals surface area contributed by atoms with Crippen LogP contribution in [0.3, 0.4) is 0 Å². The van der Waals surface area contributed by atoms with Crippen molar-refractivity contribution in [3.8, 4) is 0 Å². The van der Waals surface area contributed by atoms with Gasteiger partial charge in [0, 0.05) is 5.41 Å². The molecule has 4 heteroatoms. The van der Waals surface area contributed by atoms with Crippen LogP contribution in [0.5, 0.6) is 0 Å². The fourth-order valence-corrected chi connectivity index (χ4v) is 2.59. The predicted molar refractivity (Wildman–Crippen MR) is 49.9 cm³/mol. The maximum absolute atomic E-state index is 5.40. The molecule has 0 rings (SSSR count). The van der Waals surface area contributed by atoms with Crippen LogP contribution in [-0.2, 0) is 8.85 Å². The molecule has 2 nitrogen and oxygen atoms in total. The first-order valence-electron chi connectivity index (χ1n) is 3.47. The van der Waals surface area contributed by atoms with Crippen molar-refractivity contribution in [2.45, 2.75) is 33.5 Å². The molecule has 0 saturated carbocycles. The van der Waals surface area contributed by atoms with Gasteiger partial charge in [-0.15, -0.1) is 0 Å². The molecule has 0 unspecified atom stereocenters. The molecule has 0 radical (unpaired) electrons. The summed E-state index contributed by atoms with van der Waals surface area (Å²) in [7, 11) is 1.47. The zero-order chi connectivity index (χ0) is 8.41. The predicted octanol–water partition coefficient (Wildman–Crippen LogP) is -0.657. The Morgan fingerprint density at radius 3 is 1.20 bits per heavy atom. The van der Waals surface area contributed by atoms with Crippen LogP contribution >= 0.6 is 0 Å². The summed E-state index contributed by atoms with van der Waals surface area (Å²) in [5.74, 6) is -0.356. The molecule has 0 fully saturated rings. The van der Waals surface area contributed by atoms with E-state index in [2.05, 4.69) is 20.8 Å². The second-order valence-corrected chi connectivity index (χ2v) is 4.42. The first-order chi connectivity index (χ1) is 4.37. The summed E-state index contributed by atoms with van der Waals surface area (Å²) in [6.07, 6.45) is 0. The fraction of sp³-hybridized carbons (Fsp3) is 1.00. The van der Waals surface area contributed by atoms with Crippen LogP contribution in [0, 0.1) is 5.41 Å². The van der Waals surface area contributed by atoms with Gasteiger partial charge >= 0.3 is 0 Å². The quantitative estimate of drug-likeness (QED) is 0.413. The summed E-state index contributed by atoms with van der Waals surface area (Å²) >= 11 is 0. The molecule has 0 N–H and O–H groups in total. The topological polar surface area (TPSA) is 18.5 Å². The molecule has 0 bridgehead atoms. The molecule has 0 spiro atoms. The van der Waals surface area contributed by atoms with Crippen molar-refractivity contribution in [1.29, 1.82) is 0 Å². The molecule has 0 atom stereocenters. The second-order valence-electron chi connectivity index (χ2n) is 3.60. The lowest BCUT2D eigenvalue weighted by molar-refractivity contribution is -0.166. The lowest BCUT2D eigenvalue weighted by Gasteiger charge is -2.40. The molecule has 0 aromatic heterocycles. The normalized spacial score (nSPS) is 19.2. The highest BCUT2D eigenvalue weighted by atomic mass is 28.2. The first kappa shape index (κ1) is 10.4. The highest BCUT2D eigenvalue weighted by molar-refractivity contribution is 6.00. The smallest absolute Gasteiger partial charge is 0.149 e. The van der Waals surface area contributed by atoms with E-state index in [0.29, 0.717) is 0 Å². The van der Waals surface area contributed by atoms with Crippen LogP contribution in [0.15, 0.2) is 0 Å². The van der Waals surface area contributed by atoms with Crippen LogP contribution in [0.1, 0.15) is 27.7 Å². The molecule has 0 saturated heterocycles. The van der Waals surface area contributed by atoms with Gasteiger partial charge in [0.25, 0.3) is 0 Å².